The van der Waals surface area contributed by atoms with Crippen LogP contribution in [0.15, 0.2) is 66.9 Å². The van der Waals surface area contributed by atoms with E-state index in [4.69, 9.17) is 9.72 Å². The maximum absolute atomic E-state index is 6.71. The Kier molecular flexibility index (Phi) is 5.54. The minimum atomic E-state index is 0.0322. The molecule has 42 heavy (non-hydrogen) atoms. The second-order valence-electron chi connectivity index (χ2n) is 16.1. The van der Waals surface area contributed by atoms with Gasteiger partial charge in [0.15, 0.2) is 0 Å². The van der Waals surface area contributed by atoms with Gasteiger partial charge in [0.2, 0.25) is 5.88 Å². The summed E-state index contributed by atoms with van der Waals surface area (Å²) in [5.74, 6) is 1.68. The molecule has 0 saturated heterocycles. The van der Waals surface area contributed by atoms with Crippen molar-refractivity contribution < 1.29 is 4.74 Å². The van der Waals surface area contributed by atoms with E-state index in [1.165, 1.54) is 38.9 Å². The van der Waals surface area contributed by atoms with Gasteiger partial charge in [0, 0.05) is 28.7 Å². The van der Waals surface area contributed by atoms with Gasteiger partial charge in [0.25, 0.3) is 6.71 Å². The van der Waals surface area contributed by atoms with E-state index in [0.29, 0.717) is 0 Å². The Morgan fingerprint density at radius 2 is 1.33 bits per heavy atom. The first-order chi connectivity index (χ1) is 19.6. The molecule has 3 heterocycles. The average Bonchev–Trinajstić information content (AvgIpc) is 3.08. The van der Waals surface area contributed by atoms with Gasteiger partial charge in [-0.05, 0) is 91.6 Å². The normalized spacial score (nSPS) is 17.7. The molecule has 0 saturated carbocycles. The van der Waals surface area contributed by atoms with Crippen molar-refractivity contribution in [3.63, 3.8) is 0 Å². The zero-order valence-corrected chi connectivity index (χ0v) is 26.9. The summed E-state index contributed by atoms with van der Waals surface area (Å²) in [6.07, 6.45) is 3.04. The zero-order chi connectivity index (χ0) is 30.0. The highest BCUT2D eigenvalue weighted by Gasteiger charge is 2.47. The number of nitrogens with zero attached hydrogens (tertiary/aromatic N) is 2. The standard InChI is InChI=1S/C38H43BN2O/c1-35(2,3)23-11-14-25(15-12-23)41-30-17-18-40-34-33(30)39(28-16-13-24(19-31(28)41)36(4,5)6)29-20-26-27(21-32(29)42-34)38(9,10)22-37(26,7)8/h11-21H,22H2,1-10H3. The summed E-state index contributed by atoms with van der Waals surface area (Å²) in [5, 5.41) is 0. The van der Waals surface area contributed by atoms with Gasteiger partial charge in [-0.3, -0.25) is 0 Å². The number of ether oxygens (including phenoxy) is 1. The van der Waals surface area contributed by atoms with Crippen LogP contribution in [0.1, 0.15) is 97.9 Å². The van der Waals surface area contributed by atoms with Crippen LogP contribution < -0.4 is 26.0 Å². The average molecular weight is 555 g/mol. The van der Waals surface area contributed by atoms with Gasteiger partial charge in [-0.1, -0.05) is 99.6 Å². The fourth-order valence-electron chi connectivity index (χ4n) is 7.87. The number of hydrogen-bond acceptors (Lipinski definition) is 3. The molecule has 0 N–H and O–H groups in total. The summed E-state index contributed by atoms with van der Waals surface area (Å²) in [5.41, 5.74) is 13.2. The lowest BCUT2D eigenvalue weighted by atomic mass is 9.34. The molecule has 0 atom stereocenters. The Morgan fingerprint density at radius 1 is 0.714 bits per heavy atom. The molecular weight excluding hydrogens is 511 g/mol. The first kappa shape index (κ1) is 27.3. The van der Waals surface area contributed by atoms with Gasteiger partial charge >= 0.3 is 0 Å². The molecule has 4 aromatic rings. The fraction of sp³-hybridized carbons (Fsp3) is 0.395. The Morgan fingerprint density at radius 3 is 1.98 bits per heavy atom. The minimum absolute atomic E-state index is 0.0322. The van der Waals surface area contributed by atoms with Crippen LogP contribution in [0.25, 0.3) is 0 Å². The first-order valence-electron chi connectivity index (χ1n) is 15.5. The van der Waals surface area contributed by atoms with Crippen LogP contribution >= 0.6 is 0 Å². The highest BCUT2D eigenvalue weighted by Crippen LogP contribution is 2.51. The van der Waals surface area contributed by atoms with Gasteiger partial charge < -0.3 is 9.64 Å². The van der Waals surface area contributed by atoms with Crippen LogP contribution in [-0.4, -0.2) is 11.7 Å². The summed E-state index contributed by atoms with van der Waals surface area (Å²) in [6.45, 7) is 23.3. The molecule has 3 aliphatic rings. The maximum atomic E-state index is 6.71. The van der Waals surface area contributed by atoms with Crippen molar-refractivity contribution in [3.8, 4) is 11.6 Å². The highest BCUT2D eigenvalue weighted by molar-refractivity contribution is 6.99. The van der Waals surface area contributed by atoms with E-state index >= 15 is 0 Å². The fourth-order valence-corrected chi connectivity index (χ4v) is 7.87. The van der Waals surface area contributed by atoms with Crippen molar-refractivity contribution in [1.82, 2.24) is 4.98 Å². The summed E-state index contributed by atoms with van der Waals surface area (Å²) in [4.78, 5) is 7.26. The molecule has 214 valence electrons. The molecule has 0 amide bonds. The van der Waals surface area contributed by atoms with Crippen LogP contribution in [0.4, 0.5) is 17.1 Å². The molecule has 0 unspecified atom stereocenters. The Hall–Kier alpha value is -3.53. The Balaban J connectivity index is 1.50. The third kappa shape index (κ3) is 3.97. The van der Waals surface area contributed by atoms with Crippen LogP contribution in [0.2, 0.25) is 0 Å². The molecule has 0 spiro atoms. The second kappa shape index (κ2) is 8.52. The number of fused-ring (bicyclic) bond motifs is 5. The van der Waals surface area contributed by atoms with Crippen molar-refractivity contribution >= 4 is 40.2 Å². The third-order valence-corrected chi connectivity index (χ3v) is 9.91. The third-order valence-electron chi connectivity index (χ3n) is 9.91. The molecule has 3 nitrogen and oxygen atoms in total. The summed E-state index contributed by atoms with van der Waals surface area (Å²) in [7, 11) is 0. The van der Waals surface area contributed by atoms with Gasteiger partial charge in [-0.25, -0.2) is 4.98 Å². The van der Waals surface area contributed by atoms with Gasteiger partial charge in [0.05, 0.1) is 0 Å². The summed E-state index contributed by atoms with van der Waals surface area (Å²) >= 11 is 0. The number of aromatic nitrogens is 1. The first-order valence-corrected chi connectivity index (χ1v) is 15.5. The zero-order valence-electron chi connectivity index (χ0n) is 26.9. The summed E-state index contributed by atoms with van der Waals surface area (Å²) in [6, 6.07) is 23.2. The molecular formula is C38H43BN2O. The van der Waals surface area contributed by atoms with E-state index in [1.54, 1.807) is 0 Å². The largest absolute Gasteiger partial charge is 0.440 e. The van der Waals surface area contributed by atoms with Crippen LogP contribution in [0.3, 0.4) is 0 Å². The second-order valence-corrected chi connectivity index (χ2v) is 16.1. The van der Waals surface area contributed by atoms with E-state index in [1.807, 2.05) is 6.20 Å². The van der Waals surface area contributed by atoms with Crippen LogP contribution in [0.5, 0.6) is 11.6 Å². The van der Waals surface area contributed by atoms with Gasteiger partial charge in [-0.2, -0.15) is 0 Å². The van der Waals surface area contributed by atoms with Crippen molar-refractivity contribution in [2.24, 2.45) is 0 Å². The monoisotopic (exact) mass is 554 g/mol. The summed E-state index contributed by atoms with van der Waals surface area (Å²) < 4.78 is 6.71. The molecule has 7 rings (SSSR count). The van der Waals surface area contributed by atoms with Gasteiger partial charge in [0.1, 0.15) is 5.75 Å². The predicted molar refractivity (Wildman–Crippen MR) is 178 cm³/mol. The Bertz CT molecular complexity index is 1750. The lowest BCUT2D eigenvalue weighted by Gasteiger charge is -2.40. The van der Waals surface area contributed by atoms with Crippen LogP contribution in [0, 0.1) is 0 Å². The highest BCUT2D eigenvalue weighted by atomic mass is 16.5. The maximum Gasteiger partial charge on any atom is 0.258 e. The van der Waals surface area contributed by atoms with Gasteiger partial charge in [-0.15, -0.1) is 0 Å². The molecule has 4 heteroatoms. The van der Waals surface area contributed by atoms with E-state index in [2.05, 4.69) is 135 Å². The number of rotatable bonds is 1. The molecule has 0 bridgehead atoms. The van der Waals surface area contributed by atoms with Crippen molar-refractivity contribution in [2.45, 2.75) is 97.3 Å². The van der Waals surface area contributed by atoms with E-state index in [-0.39, 0.29) is 28.4 Å². The number of benzene rings is 3. The molecule has 1 aliphatic carbocycles. The van der Waals surface area contributed by atoms with Crippen LogP contribution in [-0.2, 0) is 21.7 Å². The van der Waals surface area contributed by atoms with E-state index in [0.717, 1.165) is 34.9 Å². The predicted octanol–water partition coefficient (Wildman–Crippen LogP) is 8.04. The number of pyridine rings is 1. The van der Waals surface area contributed by atoms with E-state index < -0.39 is 0 Å². The molecule has 2 aliphatic heterocycles. The smallest absolute Gasteiger partial charge is 0.258 e. The Labute approximate surface area is 252 Å². The molecule has 3 aromatic carbocycles. The molecule has 0 fully saturated rings. The minimum Gasteiger partial charge on any atom is -0.440 e. The number of anilines is 3. The molecule has 1 aromatic heterocycles. The van der Waals surface area contributed by atoms with Crippen molar-refractivity contribution in [3.05, 3.63) is 89.1 Å². The lowest BCUT2D eigenvalue weighted by Crippen LogP contribution is -2.60. The lowest BCUT2D eigenvalue weighted by molar-refractivity contribution is 0.402. The SMILES string of the molecule is CC(C)(C)c1ccc(N2c3cc(C(C)(C)C)ccc3B3c4cc5c(cc4Oc4nccc2c43)C(C)(C)CC5(C)C)cc1. The van der Waals surface area contributed by atoms with Crippen molar-refractivity contribution in [2.75, 3.05) is 4.90 Å². The number of hydrogen-bond donors (Lipinski definition) is 0. The topological polar surface area (TPSA) is 25.4 Å². The van der Waals surface area contributed by atoms with Crippen molar-refractivity contribution in [1.29, 1.82) is 0 Å². The molecule has 0 radical (unpaired) electrons. The van der Waals surface area contributed by atoms with E-state index in [9.17, 15) is 0 Å². The quantitative estimate of drug-likeness (QED) is 0.192.